The zero-order chi connectivity index (χ0) is 16.0. The van der Waals surface area contributed by atoms with Crippen LogP contribution in [0.25, 0.3) is 0 Å². The molecule has 5 nitrogen and oxygen atoms in total. The van der Waals surface area contributed by atoms with E-state index < -0.39 is 10.0 Å². The fourth-order valence-corrected chi connectivity index (χ4v) is 3.15. The normalized spacial score (nSPS) is 13.0. The molecule has 0 aliphatic rings. The molecule has 1 aromatic carbocycles. The third-order valence-electron chi connectivity index (χ3n) is 3.20. The van der Waals surface area contributed by atoms with Gasteiger partial charge < -0.3 is 5.11 Å². The molecule has 0 radical (unpaired) electrons. The molecule has 118 valence electrons. The van der Waals surface area contributed by atoms with Crippen LogP contribution >= 0.6 is 11.6 Å². The van der Waals surface area contributed by atoms with E-state index in [-0.39, 0.29) is 29.1 Å². The lowest BCUT2D eigenvalue weighted by molar-refractivity contribution is 0.227. The largest absolute Gasteiger partial charge is 0.396 e. The Kier molecular flexibility index (Phi) is 5.90. The predicted octanol–water partition coefficient (Wildman–Crippen LogP) is 1.86. The summed E-state index contributed by atoms with van der Waals surface area (Å²) in [7, 11) is -3.66. The Hall–Kier alpha value is -1.47. The Labute approximate surface area is 135 Å². The summed E-state index contributed by atoms with van der Waals surface area (Å²) in [6.07, 6.45) is 1.80. The summed E-state index contributed by atoms with van der Waals surface area (Å²) in [5.74, 6) is -0.197. The molecule has 2 rings (SSSR count). The first kappa shape index (κ1) is 16.9. The highest BCUT2D eigenvalue weighted by Gasteiger charge is 2.17. The van der Waals surface area contributed by atoms with Crippen molar-refractivity contribution in [3.63, 3.8) is 0 Å². The van der Waals surface area contributed by atoms with Crippen molar-refractivity contribution < 1.29 is 13.5 Å². The van der Waals surface area contributed by atoms with Crippen LogP contribution in [0, 0.1) is 5.92 Å². The SMILES string of the molecule is O=S(=O)(NC[C@@H](CO)Cc1ccccc1)c1ccc(Cl)nc1. The van der Waals surface area contributed by atoms with Crippen LogP contribution in [0.4, 0.5) is 0 Å². The van der Waals surface area contributed by atoms with Gasteiger partial charge in [-0.25, -0.2) is 18.1 Å². The van der Waals surface area contributed by atoms with E-state index in [9.17, 15) is 13.5 Å². The molecule has 2 N–H and O–H groups in total. The molecule has 0 amide bonds. The van der Waals surface area contributed by atoms with E-state index in [0.717, 1.165) is 5.56 Å². The molecule has 1 aromatic heterocycles. The van der Waals surface area contributed by atoms with Crippen molar-refractivity contribution in [3.05, 3.63) is 59.4 Å². The van der Waals surface area contributed by atoms with Crippen molar-refractivity contribution >= 4 is 21.6 Å². The fraction of sp³-hybridized carbons (Fsp3) is 0.267. The number of aliphatic hydroxyl groups excluding tert-OH is 1. The van der Waals surface area contributed by atoms with Crippen LogP contribution in [-0.4, -0.2) is 31.7 Å². The zero-order valence-electron chi connectivity index (χ0n) is 11.8. The van der Waals surface area contributed by atoms with Gasteiger partial charge in [-0.1, -0.05) is 41.9 Å². The molecular weight excluding hydrogens is 324 g/mol. The van der Waals surface area contributed by atoms with Gasteiger partial charge in [0, 0.05) is 19.3 Å². The van der Waals surface area contributed by atoms with Crippen molar-refractivity contribution in [1.82, 2.24) is 9.71 Å². The van der Waals surface area contributed by atoms with Crippen molar-refractivity contribution in [1.29, 1.82) is 0 Å². The second-order valence-electron chi connectivity index (χ2n) is 4.91. The summed E-state index contributed by atoms with van der Waals surface area (Å²) in [4.78, 5) is 3.81. The summed E-state index contributed by atoms with van der Waals surface area (Å²) in [5, 5.41) is 9.66. The van der Waals surface area contributed by atoms with Gasteiger partial charge in [0.25, 0.3) is 0 Å². The third kappa shape index (κ3) is 4.78. The molecule has 1 heterocycles. The van der Waals surface area contributed by atoms with Crippen molar-refractivity contribution in [3.8, 4) is 0 Å². The van der Waals surface area contributed by atoms with Crippen LogP contribution in [0.5, 0.6) is 0 Å². The number of hydrogen-bond acceptors (Lipinski definition) is 4. The van der Waals surface area contributed by atoms with Crippen molar-refractivity contribution in [2.24, 2.45) is 5.92 Å². The first-order valence-electron chi connectivity index (χ1n) is 6.77. The molecule has 0 aliphatic heterocycles. The molecule has 22 heavy (non-hydrogen) atoms. The second kappa shape index (κ2) is 7.69. The van der Waals surface area contributed by atoms with Gasteiger partial charge in [0.15, 0.2) is 0 Å². The number of pyridine rings is 1. The molecule has 7 heteroatoms. The van der Waals surface area contributed by atoms with Gasteiger partial charge in [-0.15, -0.1) is 0 Å². The number of benzene rings is 1. The Balaban J connectivity index is 1.99. The summed E-state index contributed by atoms with van der Waals surface area (Å²) in [6.45, 7) is 0.0483. The maximum Gasteiger partial charge on any atom is 0.242 e. The number of aliphatic hydroxyl groups is 1. The van der Waals surface area contributed by atoms with Gasteiger partial charge in [-0.05, 0) is 30.0 Å². The number of halogens is 1. The minimum atomic E-state index is -3.66. The number of nitrogens with one attached hydrogen (secondary N) is 1. The van der Waals surface area contributed by atoms with Gasteiger partial charge in [-0.2, -0.15) is 0 Å². The highest BCUT2D eigenvalue weighted by molar-refractivity contribution is 7.89. The monoisotopic (exact) mass is 340 g/mol. The number of aromatic nitrogens is 1. The zero-order valence-corrected chi connectivity index (χ0v) is 13.4. The van der Waals surface area contributed by atoms with Crippen LogP contribution in [0.15, 0.2) is 53.6 Å². The number of nitrogens with zero attached hydrogens (tertiary/aromatic N) is 1. The van der Waals surface area contributed by atoms with Gasteiger partial charge in [-0.3, -0.25) is 0 Å². The fourth-order valence-electron chi connectivity index (χ4n) is 1.98. The molecule has 0 saturated carbocycles. The van der Waals surface area contributed by atoms with Crippen LogP contribution in [0.2, 0.25) is 5.15 Å². The molecule has 0 saturated heterocycles. The summed E-state index contributed by atoms with van der Waals surface area (Å²) < 4.78 is 26.8. The first-order chi connectivity index (χ1) is 10.5. The van der Waals surface area contributed by atoms with Crippen LogP contribution in [0.1, 0.15) is 5.56 Å². The number of sulfonamides is 1. The molecule has 0 bridgehead atoms. The van der Waals surface area contributed by atoms with Gasteiger partial charge >= 0.3 is 0 Å². The lowest BCUT2D eigenvalue weighted by Gasteiger charge is -2.15. The molecule has 0 spiro atoms. The molecule has 1 atom stereocenters. The standard InChI is InChI=1S/C15H17ClN2O3S/c16-15-7-6-14(10-17-15)22(20,21)18-9-13(11-19)8-12-4-2-1-3-5-12/h1-7,10,13,18-19H,8-9,11H2/t13-/m0/s1. The number of hydrogen-bond donors (Lipinski definition) is 2. The van der Waals surface area contributed by atoms with E-state index in [1.807, 2.05) is 30.3 Å². The Morgan fingerprint density at radius 1 is 1.18 bits per heavy atom. The molecule has 0 aliphatic carbocycles. The summed E-state index contributed by atoms with van der Waals surface area (Å²) >= 11 is 5.64. The maximum atomic E-state index is 12.1. The van der Waals surface area contributed by atoms with E-state index in [4.69, 9.17) is 11.6 Å². The Bertz CT molecular complexity index is 690. The molecule has 0 fully saturated rings. The number of rotatable bonds is 7. The van der Waals surface area contributed by atoms with Crippen molar-refractivity contribution in [2.75, 3.05) is 13.2 Å². The van der Waals surface area contributed by atoms with Crippen molar-refractivity contribution in [2.45, 2.75) is 11.3 Å². The first-order valence-corrected chi connectivity index (χ1v) is 8.63. The molecule has 0 unspecified atom stereocenters. The lowest BCUT2D eigenvalue weighted by atomic mass is 10.0. The van der Waals surface area contributed by atoms with Gasteiger partial charge in [0.1, 0.15) is 10.0 Å². The van der Waals surface area contributed by atoms with Crippen LogP contribution in [-0.2, 0) is 16.4 Å². The summed E-state index contributed by atoms with van der Waals surface area (Å²) in [6, 6.07) is 12.4. The minimum Gasteiger partial charge on any atom is -0.396 e. The predicted molar refractivity (Wildman–Crippen MR) is 85.2 cm³/mol. The van der Waals surface area contributed by atoms with E-state index >= 15 is 0 Å². The highest BCUT2D eigenvalue weighted by Crippen LogP contribution is 2.12. The lowest BCUT2D eigenvalue weighted by Crippen LogP contribution is -2.32. The molecule has 2 aromatic rings. The quantitative estimate of drug-likeness (QED) is 0.754. The minimum absolute atomic E-state index is 0.0494. The topological polar surface area (TPSA) is 79.3 Å². The maximum absolute atomic E-state index is 12.1. The second-order valence-corrected chi connectivity index (χ2v) is 7.06. The Morgan fingerprint density at radius 2 is 1.91 bits per heavy atom. The highest BCUT2D eigenvalue weighted by atomic mass is 35.5. The third-order valence-corrected chi connectivity index (χ3v) is 4.83. The van der Waals surface area contributed by atoms with E-state index in [1.54, 1.807) is 0 Å². The van der Waals surface area contributed by atoms with E-state index in [2.05, 4.69) is 9.71 Å². The average Bonchev–Trinajstić information content (AvgIpc) is 2.53. The Morgan fingerprint density at radius 3 is 2.50 bits per heavy atom. The van der Waals surface area contributed by atoms with Gasteiger partial charge in [0.2, 0.25) is 10.0 Å². The van der Waals surface area contributed by atoms with E-state index in [0.29, 0.717) is 6.42 Å². The smallest absolute Gasteiger partial charge is 0.242 e. The van der Waals surface area contributed by atoms with Crippen LogP contribution in [0.3, 0.4) is 0 Å². The summed E-state index contributed by atoms with van der Waals surface area (Å²) in [5.41, 5.74) is 1.05. The van der Waals surface area contributed by atoms with Crippen LogP contribution < -0.4 is 4.72 Å². The van der Waals surface area contributed by atoms with Gasteiger partial charge in [0.05, 0.1) is 0 Å². The molecular formula is C15H17ClN2O3S. The average molecular weight is 341 g/mol. The van der Waals surface area contributed by atoms with E-state index in [1.165, 1.54) is 18.3 Å².